The number of ether oxygens (including phenoxy) is 1. The fourth-order valence-electron chi connectivity index (χ4n) is 1.10. The van der Waals surface area contributed by atoms with Gasteiger partial charge in [0.2, 0.25) is 0 Å². The van der Waals surface area contributed by atoms with Crippen molar-refractivity contribution in [2.45, 2.75) is 18.2 Å². The molecule has 0 aliphatic heterocycles. The van der Waals surface area contributed by atoms with Crippen LogP contribution in [0.1, 0.15) is 12.5 Å². The second kappa shape index (κ2) is 3.67. The summed E-state index contributed by atoms with van der Waals surface area (Å²) in [6.07, 6.45) is 0.961. The molecule has 0 unspecified atom stereocenters. The minimum absolute atomic E-state index is 0.931. The maximum atomic E-state index is 5.17. The summed E-state index contributed by atoms with van der Waals surface area (Å²) in [5.74, 6) is 0.931. The zero-order chi connectivity index (χ0) is 8.27. The van der Waals surface area contributed by atoms with E-state index in [4.69, 9.17) is 4.74 Å². The highest BCUT2D eigenvalue weighted by molar-refractivity contribution is 7.80. The molecule has 0 spiro atoms. The fourth-order valence-corrected chi connectivity index (χ4v) is 1.46. The Kier molecular flexibility index (Phi) is 2.83. The van der Waals surface area contributed by atoms with Gasteiger partial charge >= 0.3 is 0 Å². The van der Waals surface area contributed by atoms with Crippen molar-refractivity contribution in [1.29, 1.82) is 0 Å². The highest BCUT2D eigenvalue weighted by Gasteiger charge is 2.02. The van der Waals surface area contributed by atoms with Crippen LogP contribution in [0.5, 0.6) is 5.75 Å². The Morgan fingerprint density at radius 1 is 1.45 bits per heavy atom. The predicted octanol–water partition coefficient (Wildman–Crippen LogP) is 2.55. The molecule has 0 saturated carbocycles. The van der Waals surface area contributed by atoms with Crippen LogP contribution in [0.3, 0.4) is 0 Å². The van der Waals surface area contributed by atoms with Gasteiger partial charge in [-0.3, -0.25) is 0 Å². The fraction of sp³-hybridized carbons (Fsp3) is 0.333. The maximum absolute atomic E-state index is 5.17. The van der Waals surface area contributed by atoms with E-state index in [9.17, 15) is 0 Å². The van der Waals surface area contributed by atoms with Gasteiger partial charge in [0, 0.05) is 10.5 Å². The topological polar surface area (TPSA) is 9.23 Å². The summed E-state index contributed by atoms with van der Waals surface area (Å²) in [5.41, 5.74) is 1.18. The smallest absolute Gasteiger partial charge is 0.123 e. The lowest BCUT2D eigenvalue weighted by Gasteiger charge is -2.07. The van der Waals surface area contributed by atoms with E-state index in [1.54, 1.807) is 7.11 Å². The van der Waals surface area contributed by atoms with Crippen molar-refractivity contribution in [3.63, 3.8) is 0 Å². The Hall–Kier alpha value is -0.630. The van der Waals surface area contributed by atoms with Crippen molar-refractivity contribution < 1.29 is 4.74 Å². The molecule has 0 aromatic heterocycles. The average Bonchev–Trinajstić information content (AvgIpc) is 2.04. The zero-order valence-corrected chi connectivity index (χ0v) is 7.69. The van der Waals surface area contributed by atoms with Crippen LogP contribution < -0.4 is 4.74 Å². The zero-order valence-electron chi connectivity index (χ0n) is 6.79. The number of benzene rings is 1. The van der Waals surface area contributed by atoms with E-state index in [0.717, 1.165) is 17.1 Å². The Balaban J connectivity index is 3.13. The van der Waals surface area contributed by atoms with E-state index < -0.39 is 0 Å². The lowest BCUT2D eigenvalue weighted by Crippen LogP contribution is -1.90. The molecule has 1 nitrogen and oxygen atoms in total. The van der Waals surface area contributed by atoms with Gasteiger partial charge in [0.05, 0.1) is 7.11 Å². The van der Waals surface area contributed by atoms with Gasteiger partial charge < -0.3 is 4.74 Å². The molecule has 0 atom stereocenters. The molecule has 0 fully saturated rings. The molecule has 0 aliphatic rings. The van der Waals surface area contributed by atoms with Crippen LogP contribution in [-0.4, -0.2) is 7.11 Å². The highest BCUT2D eigenvalue weighted by Crippen LogP contribution is 2.24. The Morgan fingerprint density at radius 3 is 2.64 bits per heavy atom. The molecule has 60 valence electrons. The van der Waals surface area contributed by atoms with Crippen LogP contribution in [0.4, 0.5) is 0 Å². The minimum Gasteiger partial charge on any atom is -0.496 e. The van der Waals surface area contributed by atoms with E-state index in [0.29, 0.717) is 0 Å². The Morgan fingerprint density at radius 2 is 2.18 bits per heavy atom. The van der Waals surface area contributed by atoms with Gasteiger partial charge in [-0.2, -0.15) is 0 Å². The molecular formula is C9H12OS. The lowest BCUT2D eigenvalue weighted by molar-refractivity contribution is 0.408. The highest BCUT2D eigenvalue weighted by atomic mass is 32.1. The molecule has 1 aromatic carbocycles. The predicted molar refractivity (Wildman–Crippen MR) is 49.6 cm³/mol. The Labute approximate surface area is 72.8 Å². The molecule has 11 heavy (non-hydrogen) atoms. The lowest BCUT2D eigenvalue weighted by atomic mass is 10.1. The number of hydrogen-bond acceptors (Lipinski definition) is 2. The standard InChI is InChI=1S/C9H12OS/c1-3-7-8(10-2)5-4-6-9(7)11/h4-6,11H,3H2,1-2H3. The van der Waals surface area contributed by atoms with E-state index >= 15 is 0 Å². The summed E-state index contributed by atoms with van der Waals surface area (Å²) in [7, 11) is 1.68. The normalized spacial score (nSPS) is 9.73. The van der Waals surface area contributed by atoms with E-state index in [1.165, 1.54) is 5.56 Å². The minimum atomic E-state index is 0.931. The van der Waals surface area contributed by atoms with Crippen LogP contribution in [0.2, 0.25) is 0 Å². The monoisotopic (exact) mass is 168 g/mol. The van der Waals surface area contributed by atoms with Crippen molar-refractivity contribution in [2.75, 3.05) is 7.11 Å². The molecule has 2 heteroatoms. The van der Waals surface area contributed by atoms with Gasteiger partial charge in [-0.25, -0.2) is 0 Å². The summed E-state index contributed by atoms with van der Waals surface area (Å²) in [6.45, 7) is 2.09. The largest absolute Gasteiger partial charge is 0.496 e. The molecule has 1 aromatic rings. The van der Waals surface area contributed by atoms with Crippen LogP contribution in [-0.2, 0) is 6.42 Å². The molecule has 0 aliphatic carbocycles. The number of rotatable bonds is 2. The second-order valence-electron chi connectivity index (χ2n) is 2.31. The molecule has 0 N–H and O–H groups in total. The van der Waals surface area contributed by atoms with Crippen LogP contribution in [0.25, 0.3) is 0 Å². The van der Waals surface area contributed by atoms with Gasteiger partial charge in [0.1, 0.15) is 5.75 Å². The van der Waals surface area contributed by atoms with Crippen molar-refractivity contribution >= 4 is 12.6 Å². The first-order valence-corrected chi connectivity index (χ1v) is 4.09. The van der Waals surface area contributed by atoms with Gasteiger partial charge in [-0.15, -0.1) is 12.6 Å². The van der Waals surface area contributed by atoms with Crippen LogP contribution in [0, 0.1) is 0 Å². The van der Waals surface area contributed by atoms with Gasteiger partial charge in [-0.1, -0.05) is 13.0 Å². The van der Waals surface area contributed by atoms with Crippen molar-refractivity contribution in [1.82, 2.24) is 0 Å². The summed E-state index contributed by atoms with van der Waals surface area (Å²) in [6, 6.07) is 5.88. The first-order valence-electron chi connectivity index (χ1n) is 3.64. The molecular weight excluding hydrogens is 156 g/mol. The second-order valence-corrected chi connectivity index (χ2v) is 2.79. The van der Waals surface area contributed by atoms with Crippen molar-refractivity contribution in [3.8, 4) is 5.75 Å². The quantitative estimate of drug-likeness (QED) is 0.668. The molecule has 0 bridgehead atoms. The maximum Gasteiger partial charge on any atom is 0.123 e. The number of thiol groups is 1. The summed E-state index contributed by atoms with van der Waals surface area (Å²) >= 11 is 4.32. The molecule has 0 amide bonds. The van der Waals surface area contributed by atoms with E-state index in [1.807, 2.05) is 18.2 Å². The average molecular weight is 168 g/mol. The first kappa shape index (κ1) is 8.47. The first-order chi connectivity index (χ1) is 5.29. The third-order valence-electron chi connectivity index (χ3n) is 1.68. The molecule has 1 rings (SSSR count). The van der Waals surface area contributed by atoms with Gasteiger partial charge in [-0.05, 0) is 18.6 Å². The molecule has 0 saturated heterocycles. The summed E-state index contributed by atoms with van der Waals surface area (Å²) < 4.78 is 5.17. The number of methoxy groups -OCH3 is 1. The molecule has 0 heterocycles. The van der Waals surface area contributed by atoms with Crippen LogP contribution >= 0.6 is 12.6 Å². The van der Waals surface area contributed by atoms with Crippen molar-refractivity contribution in [2.24, 2.45) is 0 Å². The molecule has 0 radical (unpaired) electrons. The SMILES string of the molecule is CCc1c(S)cccc1OC. The van der Waals surface area contributed by atoms with E-state index in [2.05, 4.69) is 19.6 Å². The van der Waals surface area contributed by atoms with Gasteiger partial charge in [0.25, 0.3) is 0 Å². The summed E-state index contributed by atoms with van der Waals surface area (Å²) in [4.78, 5) is 1.01. The van der Waals surface area contributed by atoms with Crippen molar-refractivity contribution in [3.05, 3.63) is 23.8 Å². The summed E-state index contributed by atoms with van der Waals surface area (Å²) in [5, 5.41) is 0. The number of hydrogen-bond donors (Lipinski definition) is 1. The van der Waals surface area contributed by atoms with Gasteiger partial charge in [0.15, 0.2) is 0 Å². The van der Waals surface area contributed by atoms with E-state index in [-0.39, 0.29) is 0 Å². The Bertz CT molecular complexity index is 245. The third kappa shape index (κ3) is 1.69. The van der Waals surface area contributed by atoms with Crippen LogP contribution in [0.15, 0.2) is 23.1 Å². The third-order valence-corrected chi connectivity index (χ3v) is 2.10.